The molecule has 138 valence electrons. The molecule has 2 aromatic carbocycles. The molecule has 0 spiro atoms. The number of benzene rings is 2. The molecule has 3 rings (SSSR count). The summed E-state index contributed by atoms with van der Waals surface area (Å²) in [6, 6.07) is 15.2. The van der Waals surface area contributed by atoms with Crippen LogP contribution in [-0.4, -0.2) is 30.2 Å². The Bertz CT molecular complexity index is 931. The average Bonchev–Trinajstić information content (AvgIpc) is 2.63. The Hall–Kier alpha value is -3.41. The maximum atomic E-state index is 12.4. The Kier molecular flexibility index (Phi) is 5.35. The van der Waals surface area contributed by atoms with E-state index in [2.05, 4.69) is 20.8 Å². The van der Waals surface area contributed by atoms with E-state index in [9.17, 15) is 4.79 Å². The van der Waals surface area contributed by atoms with Crippen LogP contribution in [0.25, 0.3) is 0 Å². The van der Waals surface area contributed by atoms with Crippen molar-refractivity contribution in [1.82, 2.24) is 10.2 Å². The second-order valence-electron chi connectivity index (χ2n) is 6.73. The normalized spacial score (nSPS) is 10.4. The molecular formula is C21H23N5O. The molecule has 0 atom stereocenters. The number of amides is 1. The average molecular weight is 361 g/mol. The summed E-state index contributed by atoms with van der Waals surface area (Å²) in [4.78, 5) is 14.4. The van der Waals surface area contributed by atoms with Gasteiger partial charge in [-0.2, -0.15) is 5.10 Å². The third-order valence-electron chi connectivity index (χ3n) is 4.06. The number of anilines is 4. The highest BCUT2D eigenvalue weighted by molar-refractivity contribution is 6.04. The van der Waals surface area contributed by atoms with Crippen molar-refractivity contribution in [1.29, 1.82) is 0 Å². The first-order chi connectivity index (χ1) is 12.9. The third-order valence-corrected chi connectivity index (χ3v) is 4.06. The maximum Gasteiger partial charge on any atom is 0.255 e. The van der Waals surface area contributed by atoms with Crippen LogP contribution in [0.3, 0.4) is 0 Å². The van der Waals surface area contributed by atoms with E-state index in [0.717, 1.165) is 28.2 Å². The van der Waals surface area contributed by atoms with Gasteiger partial charge in [-0.25, -0.2) is 0 Å². The number of hydrogen-bond donors (Lipinski definition) is 2. The quantitative estimate of drug-likeness (QED) is 0.714. The molecule has 6 nitrogen and oxygen atoms in total. The molecule has 0 fully saturated rings. The lowest BCUT2D eigenvalue weighted by atomic mass is 10.1. The summed E-state index contributed by atoms with van der Waals surface area (Å²) in [5.41, 5.74) is 5.36. The molecule has 0 unspecified atom stereocenters. The van der Waals surface area contributed by atoms with Gasteiger partial charge in [-0.3, -0.25) is 4.79 Å². The highest BCUT2D eigenvalue weighted by Gasteiger charge is 2.08. The highest BCUT2D eigenvalue weighted by Crippen LogP contribution is 2.20. The second-order valence-corrected chi connectivity index (χ2v) is 6.73. The van der Waals surface area contributed by atoms with E-state index < -0.39 is 0 Å². The summed E-state index contributed by atoms with van der Waals surface area (Å²) in [6.45, 7) is 3.97. The van der Waals surface area contributed by atoms with Gasteiger partial charge in [-0.15, -0.1) is 5.10 Å². The van der Waals surface area contributed by atoms with Gasteiger partial charge in [0.25, 0.3) is 5.91 Å². The number of rotatable bonds is 5. The van der Waals surface area contributed by atoms with Gasteiger partial charge in [0.05, 0.1) is 11.9 Å². The van der Waals surface area contributed by atoms with Crippen LogP contribution in [0.15, 0.2) is 54.7 Å². The van der Waals surface area contributed by atoms with E-state index in [-0.39, 0.29) is 5.91 Å². The topological polar surface area (TPSA) is 70.2 Å². The Labute approximate surface area is 159 Å². The predicted octanol–water partition coefficient (Wildman–Crippen LogP) is 4.16. The van der Waals surface area contributed by atoms with Crippen LogP contribution in [0.1, 0.15) is 21.5 Å². The van der Waals surface area contributed by atoms with Crippen molar-refractivity contribution in [3.05, 3.63) is 71.4 Å². The Morgan fingerprint density at radius 3 is 2.19 bits per heavy atom. The molecule has 0 saturated heterocycles. The van der Waals surface area contributed by atoms with Crippen LogP contribution in [0.4, 0.5) is 22.9 Å². The van der Waals surface area contributed by atoms with Gasteiger partial charge in [0.15, 0.2) is 5.82 Å². The number of aromatic nitrogens is 2. The fraction of sp³-hybridized carbons (Fsp3) is 0.190. The molecule has 0 aliphatic heterocycles. The first-order valence-electron chi connectivity index (χ1n) is 8.67. The van der Waals surface area contributed by atoms with Crippen LogP contribution < -0.4 is 15.5 Å². The van der Waals surface area contributed by atoms with Crippen molar-refractivity contribution in [2.45, 2.75) is 13.8 Å². The van der Waals surface area contributed by atoms with E-state index in [4.69, 9.17) is 0 Å². The lowest BCUT2D eigenvalue weighted by molar-refractivity contribution is 0.102. The van der Waals surface area contributed by atoms with Crippen LogP contribution in [0, 0.1) is 13.8 Å². The largest absolute Gasteiger partial charge is 0.376 e. The van der Waals surface area contributed by atoms with Crippen molar-refractivity contribution >= 4 is 28.8 Å². The molecule has 0 saturated carbocycles. The smallest absolute Gasteiger partial charge is 0.255 e. The minimum atomic E-state index is -0.118. The number of hydrogen-bond acceptors (Lipinski definition) is 5. The Morgan fingerprint density at radius 1 is 0.926 bits per heavy atom. The van der Waals surface area contributed by atoms with E-state index in [1.807, 2.05) is 81.4 Å². The fourth-order valence-electron chi connectivity index (χ4n) is 2.76. The molecule has 3 aromatic rings. The summed E-state index contributed by atoms with van der Waals surface area (Å²) in [7, 11) is 3.90. The van der Waals surface area contributed by atoms with Crippen LogP contribution >= 0.6 is 0 Å². The van der Waals surface area contributed by atoms with Crippen molar-refractivity contribution in [2.24, 2.45) is 0 Å². The van der Waals surface area contributed by atoms with Gasteiger partial charge < -0.3 is 15.5 Å². The molecule has 0 aliphatic carbocycles. The number of aryl methyl sites for hydroxylation is 2. The Balaban J connectivity index is 1.68. The molecule has 0 radical (unpaired) electrons. The van der Waals surface area contributed by atoms with Gasteiger partial charge in [0.1, 0.15) is 0 Å². The molecule has 1 aromatic heterocycles. The maximum absolute atomic E-state index is 12.4. The van der Waals surface area contributed by atoms with Crippen LogP contribution in [0.5, 0.6) is 0 Å². The third kappa shape index (κ3) is 4.82. The number of carbonyl (C=O) groups excluding carboxylic acids is 1. The zero-order valence-electron chi connectivity index (χ0n) is 15.9. The van der Waals surface area contributed by atoms with Gasteiger partial charge >= 0.3 is 0 Å². The fourth-order valence-corrected chi connectivity index (χ4v) is 2.76. The molecule has 1 heterocycles. The minimum Gasteiger partial charge on any atom is -0.376 e. The molecule has 1 amide bonds. The summed E-state index contributed by atoms with van der Waals surface area (Å²) < 4.78 is 0. The lowest BCUT2D eigenvalue weighted by Crippen LogP contribution is -2.12. The first-order valence-corrected chi connectivity index (χ1v) is 8.67. The number of carbonyl (C=O) groups is 1. The van der Waals surface area contributed by atoms with Crippen molar-refractivity contribution < 1.29 is 4.79 Å². The standard InChI is InChI=1S/C21H23N5O/c1-14-9-15(2)11-16(10-14)21(27)24-18-7-5-17(6-8-18)23-20-12-19(26(3)4)13-22-25-20/h5-13H,1-4H3,(H,23,25)(H,24,27). The van der Waals surface area contributed by atoms with Gasteiger partial charge in [0, 0.05) is 37.1 Å². The molecule has 2 N–H and O–H groups in total. The number of nitrogens with one attached hydrogen (secondary N) is 2. The summed E-state index contributed by atoms with van der Waals surface area (Å²) in [5, 5.41) is 14.2. The van der Waals surface area contributed by atoms with Gasteiger partial charge in [-0.05, 0) is 50.2 Å². The monoisotopic (exact) mass is 361 g/mol. The van der Waals surface area contributed by atoms with Crippen LogP contribution in [0.2, 0.25) is 0 Å². The predicted molar refractivity (Wildman–Crippen MR) is 110 cm³/mol. The molecule has 27 heavy (non-hydrogen) atoms. The SMILES string of the molecule is Cc1cc(C)cc(C(=O)Nc2ccc(Nc3cc(N(C)C)cnn3)cc2)c1. The molecule has 0 bridgehead atoms. The highest BCUT2D eigenvalue weighted by atomic mass is 16.1. The van der Waals surface area contributed by atoms with E-state index in [0.29, 0.717) is 11.4 Å². The van der Waals surface area contributed by atoms with Crippen molar-refractivity contribution in [2.75, 3.05) is 29.6 Å². The van der Waals surface area contributed by atoms with Gasteiger partial charge in [-0.1, -0.05) is 17.2 Å². The second kappa shape index (κ2) is 7.86. The molecular weight excluding hydrogens is 338 g/mol. The summed E-state index contributed by atoms with van der Waals surface area (Å²) in [5.74, 6) is 0.542. The minimum absolute atomic E-state index is 0.118. The van der Waals surface area contributed by atoms with E-state index in [1.54, 1.807) is 6.20 Å². The van der Waals surface area contributed by atoms with Crippen molar-refractivity contribution in [3.8, 4) is 0 Å². The zero-order chi connectivity index (χ0) is 19.4. The number of nitrogens with zero attached hydrogens (tertiary/aromatic N) is 3. The summed E-state index contributed by atoms with van der Waals surface area (Å²) >= 11 is 0. The van der Waals surface area contributed by atoms with Crippen LogP contribution in [-0.2, 0) is 0 Å². The van der Waals surface area contributed by atoms with Gasteiger partial charge in [0.2, 0.25) is 0 Å². The first kappa shape index (κ1) is 18.4. The molecule has 6 heteroatoms. The molecule has 0 aliphatic rings. The van der Waals surface area contributed by atoms with Crippen molar-refractivity contribution in [3.63, 3.8) is 0 Å². The van der Waals surface area contributed by atoms with E-state index in [1.165, 1.54) is 0 Å². The lowest BCUT2D eigenvalue weighted by Gasteiger charge is -2.13. The summed E-state index contributed by atoms with van der Waals surface area (Å²) in [6.07, 6.45) is 1.71. The van der Waals surface area contributed by atoms with E-state index >= 15 is 0 Å². The Morgan fingerprint density at radius 2 is 1.56 bits per heavy atom. The zero-order valence-corrected chi connectivity index (χ0v) is 15.9.